The number of pyridine rings is 1. The van der Waals surface area contributed by atoms with Crippen molar-refractivity contribution in [2.75, 3.05) is 26.3 Å². The molecular weight excluding hydrogens is 200 g/mol. The van der Waals surface area contributed by atoms with Gasteiger partial charge in [-0.1, -0.05) is 6.07 Å². The standard InChI is InChI=1S/C13H20N2O/c1-2-12(10-14-6-1)4-8-16-9-5-13-3-7-15-11-13/h1-2,6,10,13,15H,3-5,7-9,11H2. The third-order valence-corrected chi connectivity index (χ3v) is 3.09. The van der Waals surface area contributed by atoms with Gasteiger partial charge in [-0.25, -0.2) is 0 Å². The second-order valence-corrected chi connectivity index (χ2v) is 4.37. The molecule has 2 heterocycles. The minimum atomic E-state index is 0.811. The summed E-state index contributed by atoms with van der Waals surface area (Å²) in [5, 5.41) is 3.38. The quantitative estimate of drug-likeness (QED) is 0.740. The fraction of sp³-hybridized carbons (Fsp3) is 0.615. The number of hydrogen-bond donors (Lipinski definition) is 1. The molecule has 0 aromatic carbocycles. The van der Waals surface area contributed by atoms with E-state index in [1.165, 1.54) is 31.5 Å². The van der Waals surface area contributed by atoms with Crippen LogP contribution in [0.1, 0.15) is 18.4 Å². The van der Waals surface area contributed by atoms with E-state index >= 15 is 0 Å². The summed E-state index contributed by atoms with van der Waals surface area (Å²) >= 11 is 0. The van der Waals surface area contributed by atoms with Crippen molar-refractivity contribution in [1.29, 1.82) is 0 Å². The van der Waals surface area contributed by atoms with Crippen LogP contribution >= 0.6 is 0 Å². The Morgan fingerprint density at radius 2 is 2.44 bits per heavy atom. The lowest BCUT2D eigenvalue weighted by Gasteiger charge is -2.08. The first-order valence-electron chi connectivity index (χ1n) is 6.12. The second-order valence-electron chi connectivity index (χ2n) is 4.37. The van der Waals surface area contributed by atoms with Gasteiger partial charge in [-0.2, -0.15) is 0 Å². The molecule has 0 radical (unpaired) electrons. The van der Waals surface area contributed by atoms with Crippen molar-refractivity contribution < 1.29 is 4.74 Å². The Morgan fingerprint density at radius 3 is 3.19 bits per heavy atom. The molecule has 0 bridgehead atoms. The zero-order chi connectivity index (χ0) is 11.1. The van der Waals surface area contributed by atoms with Crippen LogP contribution in [0.5, 0.6) is 0 Å². The molecule has 0 amide bonds. The number of nitrogens with one attached hydrogen (secondary N) is 1. The molecule has 1 aromatic rings. The molecule has 1 unspecified atom stereocenters. The molecule has 1 atom stereocenters. The van der Waals surface area contributed by atoms with Crippen LogP contribution in [0.2, 0.25) is 0 Å². The van der Waals surface area contributed by atoms with E-state index in [-0.39, 0.29) is 0 Å². The third-order valence-electron chi connectivity index (χ3n) is 3.09. The van der Waals surface area contributed by atoms with Crippen molar-refractivity contribution in [3.05, 3.63) is 30.1 Å². The van der Waals surface area contributed by atoms with Gasteiger partial charge in [-0.3, -0.25) is 4.98 Å². The number of ether oxygens (including phenoxy) is 1. The van der Waals surface area contributed by atoms with Gasteiger partial charge in [0.2, 0.25) is 0 Å². The van der Waals surface area contributed by atoms with E-state index in [0.717, 1.165) is 25.6 Å². The summed E-state index contributed by atoms with van der Waals surface area (Å²) in [5.74, 6) is 0.832. The minimum absolute atomic E-state index is 0.811. The fourth-order valence-corrected chi connectivity index (χ4v) is 2.05. The predicted molar refractivity (Wildman–Crippen MR) is 64.4 cm³/mol. The normalized spacial score (nSPS) is 20.1. The number of nitrogens with zero attached hydrogens (tertiary/aromatic N) is 1. The second kappa shape index (κ2) is 6.61. The maximum atomic E-state index is 5.64. The Balaban J connectivity index is 1.52. The first kappa shape index (κ1) is 11.6. The molecule has 0 aliphatic carbocycles. The lowest BCUT2D eigenvalue weighted by molar-refractivity contribution is 0.124. The SMILES string of the molecule is c1cncc(CCOCCC2CCNC2)c1. The first-order chi connectivity index (χ1) is 7.95. The summed E-state index contributed by atoms with van der Waals surface area (Å²) in [4.78, 5) is 4.08. The van der Waals surface area contributed by atoms with Crippen molar-refractivity contribution in [2.24, 2.45) is 5.92 Å². The molecular formula is C13H20N2O. The zero-order valence-corrected chi connectivity index (χ0v) is 9.69. The van der Waals surface area contributed by atoms with Gasteiger partial charge >= 0.3 is 0 Å². The molecule has 1 saturated heterocycles. The van der Waals surface area contributed by atoms with Crippen LogP contribution < -0.4 is 5.32 Å². The summed E-state index contributed by atoms with van der Waals surface area (Å²) in [6, 6.07) is 4.07. The largest absolute Gasteiger partial charge is 0.381 e. The topological polar surface area (TPSA) is 34.1 Å². The fourth-order valence-electron chi connectivity index (χ4n) is 2.05. The summed E-state index contributed by atoms with van der Waals surface area (Å²) in [6.45, 7) is 4.06. The van der Waals surface area contributed by atoms with E-state index in [1.807, 2.05) is 12.3 Å². The van der Waals surface area contributed by atoms with Crippen molar-refractivity contribution in [3.8, 4) is 0 Å². The smallest absolute Gasteiger partial charge is 0.0507 e. The summed E-state index contributed by atoms with van der Waals surface area (Å²) in [7, 11) is 0. The predicted octanol–water partition coefficient (Wildman–Crippen LogP) is 1.64. The summed E-state index contributed by atoms with van der Waals surface area (Å²) < 4.78 is 5.64. The van der Waals surface area contributed by atoms with Crippen LogP contribution in [0.25, 0.3) is 0 Å². The maximum Gasteiger partial charge on any atom is 0.0507 e. The molecule has 1 aliphatic rings. The first-order valence-corrected chi connectivity index (χ1v) is 6.12. The number of hydrogen-bond acceptors (Lipinski definition) is 3. The average molecular weight is 220 g/mol. The van der Waals surface area contributed by atoms with Gasteiger partial charge in [0.1, 0.15) is 0 Å². The molecule has 16 heavy (non-hydrogen) atoms. The average Bonchev–Trinajstić information content (AvgIpc) is 2.83. The summed E-state index contributed by atoms with van der Waals surface area (Å²) in [6.07, 6.45) is 7.18. The van der Waals surface area contributed by atoms with Crippen LogP contribution in [0.3, 0.4) is 0 Å². The molecule has 2 rings (SSSR count). The van der Waals surface area contributed by atoms with Crippen LogP contribution in [-0.2, 0) is 11.2 Å². The lowest BCUT2D eigenvalue weighted by atomic mass is 10.1. The molecule has 0 saturated carbocycles. The number of rotatable bonds is 6. The third kappa shape index (κ3) is 3.91. The van der Waals surface area contributed by atoms with E-state index in [0.29, 0.717) is 0 Å². The highest BCUT2D eigenvalue weighted by atomic mass is 16.5. The van der Waals surface area contributed by atoms with Gasteiger partial charge in [0.15, 0.2) is 0 Å². The minimum Gasteiger partial charge on any atom is -0.381 e. The van der Waals surface area contributed by atoms with Gasteiger partial charge in [0.05, 0.1) is 6.61 Å². The highest BCUT2D eigenvalue weighted by Crippen LogP contribution is 2.11. The van der Waals surface area contributed by atoms with E-state index in [4.69, 9.17) is 4.74 Å². The Hall–Kier alpha value is -0.930. The molecule has 3 heteroatoms. The van der Waals surface area contributed by atoms with Gasteiger partial charge in [0.25, 0.3) is 0 Å². The van der Waals surface area contributed by atoms with E-state index < -0.39 is 0 Å². The molecule has 1 aromatic heterocycles. The zero-order valence-electron chi connectivity index (χ0n) is 9.69. The van der Waals surface area contributed by atoms with Crippen molar-refractivity contribution in [2.45, 2.75) is 19.3 Å². The molecule has 1 N–H and O–H groups in total. The Labute approximate surface area is 97.2 Å². The van der Waals surface area contributed by atoms with E-state index in [1.54, 1.807) is 6.20 Å². The van der Waals surface area contributed by atoms with Gasteiger partial charge < -0.3 is 10.1 Å². The van der Waals surface area contributed by atoms with Crippen LogP contribution in [0, 0.1) is 5.92 Å². The van der Waals surface area contributed by atoms with E-state index in [9.17, 15) is 0 Å². The van der Waals surface area contributed by atoms with Gasteiger partial charge in [-0.15, -0.1) is 0 Å². The lowest BCUT2D eigenvalue weighted by Crippen LogP contribution is -2.11. The van der Waals surface area contributed by atoms with Crippen LogP contribution in [-0.4, -0.2) is 31.3 Å². The van der Waals surface area contributed by atoms with E-state index in [2.05, 4.69) is 16.4 Å². The molecule has 3 nitrogen and oxygen atoms in total. The monoisotopic (exact) mass is 220 g/mol. The molecule has 1 aliphatic heterocycles. The maximum absolute atomic E-state index is 5.64. The van der Waals surface area contributed by atoms with Crippen LogP contribution in [0.4, 0.5) is 0 Å². The molecule has 1 fully saturated rings. The highest BCUT2D eigenvalue weighted by molar-refractivity contribution is 5.08. The molecule has 0 spiro atoms. The Bertz CT molecular complexity index is 283. The highest BCUT2D eigenvalue weighted by Gasteiger charge is 2.13. The van der Waals surface area contributed by atoms with Gasteiger partial charge in [0, 0.05) is 19.0 Å². The Kier molecular flexibility index (Phi) is 4.77. The summed E-state index contributed by atoms with van der Waals surface area (Å²) in [5.41, 5.74) is 1.25. The van der Waals surface area contributed by atoms with Crippen molar-refractivity contribution in [3.63, 3.8) is 0 Å². The number of aromatic nitrogens is 1. The van der Waals surface area contributed by atoms with Crippen molar-refractivity contribution >= 4 is 0 Å². The Morgan fingerprint density at radius 1 is 1.44 bits per heavy atom. The van der Waals surface area contributed by atoms with Gasteiger partial charge in [-0.05, 0) is 49.9 Å². The van der Waals surface area contributed by atoms with Crippen LogP contribution in [0.15, 0.2) is 24.5 Å². The van der Waals surface area contributed by atoms with Crippen molar-refractivity contribution in [1.82, 2.24) is 10.3 Å². The molecule has 88 valence electrons.